The first-order valence-corrected chi connectivity index (χ1v) is 6.64. The predicted molar refractivity (Wildman–Crippen MR) is 52.8 cm³/mol. The minimum Gasteiger partial charge on any atom is -0.287 e. The maximum Gasteiger partial charge on any atom is 0.479 e. The molecular formula is C8H12F7O4P. The lowest BCUT2D eigenvalue weighted by molar-refractivity contribution is -0.377. The Hall–Kier alpha value is -0.380. The number of phosphoric ester groups is 1. The Labute approximate surface area is 109 Å². The van der Waals surface area contributed by atoms with E-state index in [9.17, 15) is 35.3 Å². The molecule has 0 aliphatic carbocycles. The molecule has 0 atom stereocenters. The quantitative estimate of drug-likeness (QED) is 0.471. The molecule has 0 amide bonds. The van der Waals surface area contributed by atoms with Gasteiger partial charge in [-0.05, 0) is 13.8 Å². The third-order valence-electron chi connectivity index (χ3n) is 1.79. The summed E-state index contributed by atoms with van der Waals surface area (Å²) in [6, 6.07) is 0. The number of hydrogen-bond donors (Lipinski definition) is 0. The highest BCUT2D eigenvalue weighted by molar-refractivity contribution is 7.48. The van der Waals surface area contributed by atoms with Crippen LogP contribution in [0.25, 0.3) is 0 Å². The molecule has 0 unspecified atom stereocenters. The fraction of sp³-hybridized carbons (Fsp3) is 1.00. The van der Waals surface area contributed by atoms with E-state index in [4.69, 9.17) is 0 Å². The summed E-state index contributed by atoms with van der Waals surface area (Å²) in [6.45, 7) is -1.87. The Kier molecular flexibility index (Phi) is 6.46. The Balaban J connectivity index is 5.37. The van der Waals surface area contributed by atoms with Gasteiger partial charge in [0.2, 0.25) is 0 Å². The lowest BCUT2D eigenvalue weighted by Crippen LogP contribution is -2.56. The number of rotatable bonds is 9. The largest absolute Gasteiger partial charge is 0.479 e. The highest BCUT2D eigenvalue weighted by atomic mass is 31.2. The molecule has 0 saturated heterocycles. The van der Waals surface area contributed by atoms with Gasteiger partial charge in [0, 0.05) is 0 Å². The van der Waals surface area contributed by atoms with Gasteiger partial charge in [-0.2, -0.15) is 26.3 Å². The molecular weight excluding hydrogens is 324 g/mol. The summed E-state index contributed by atoms with van der Waals surface area (Å²) in [5.41, 5.74) is 0. The van der Waals surface area contributed by atoms with E-state index < -0.39 is 45.7 Å². The molecule has 0 aliphatic heterocycles. The summed E-state index contributed by atoms with van der Waals surface area (Å²) < 4.78 is 112. The normalized spacial score (nSPS) is 14.7. The van der Waals surface area contributed by atoms with Crippen LogP contribution < -0.4 is 0 Å². The van der Waals surface area contributed by atoms with E-state index in [2.05, 4.69) is 13.6 Å². The topological polar surface area (TPSA) is 44.8 Å². The smallest absolute Gasteiger partial charge is 0.287 e. The van der Waals surface area contributed by atoms with E-state index in [0.29, 0.717) is 0 Å². The minimum absolute atomic E-state index is 0.543. The van der Waals surface area contributed by atoms with Crippen LogP contribution in [0.5, 0.6) is 0 Å². The zero-order valence-corrected chi connectivity index (χ0v) is 11.2. The Morgan fingerprint density at radius 3 is 1.65 bits per heavy atom. The molecule has 0 aromatic rings. The van der Waals surface area contributed by atoms with Crippen molar-refractivity contribution in [3.8, 4) is 0 Å². The predicted octanol–water partition coefficient (Wildman–Crippen LogP) is 4.02. The maximum absolute atomic E-state index is 13.1. The van der Waals surface area contributed by atoms with Crippen LogP contribution in [0.1, 0.15) is 13.8 Å². The average molecular weight is 336 g/mol. The first-order chi connectivity index (χ1) is 8.89. The van der Waals surface area contributed by atoms with E-state index in [1.807, 2.05) is 0 Å². The summed E-state index contributed by atoms with van der Waals surface area (Å²) >= 11 is 0. The number of phosphoric acid groups is 1. The van der Waals surface area contributed by atoms with Gasteiger partial charge in [-0.25, -0.2) is 13.5 Å². The van der Waals surface area contributed by atoms with Crippen LogP contribution in [0.15, 0.2) is 0 Å². The van der Waals surface area contributed by atoms with Gasteiger partial charge < -0.3 is 0 Å². The SMILES string of the molecule is CCOP(=O)(OCC)OC(F)(F)C(F)(F)C(F)(F)CF. The third kappa shape index (κ3) is 4.06. The van der Waals surface area contributed by atoms with Gasteiger partial charge in [0.05, 0.1) is 13.2 Å². The molecule has 122 valence electrons. The standard InChI is InChI=1S/C8H12F7O4P/c1-3-17-20(16,18-4-2)19-8(14,15)7(12,13)6(10,11)5-9/h3-5H2,1-2H3. The van der Waals surface area contributed by atoms with Gasteiger partial charge >= 0.3 is 25.8 Å². The molecule has 12 heteroatoms. The van der Waals surface area contributed by atoms with E-state index in [-0.39, 0.29) is 0 Å². The minimum atomic E-state index is -6.25. The van der Waals surface area contributed by atoms with Crippen molar-refractivity contribution >= 4 is 7.82 Å². The molecule has 0 aromatic carbocycles. The number of hydrogen-bond acceptors (Lipinski definition) is 4. The second-order valence-corrected chi connectivity index (χ2v) is 4.90. The van der Waals surface area contributed by atoms with Crippen molar-refractivity contribution in [2.75, 3.05) is 19.9 Å². The zero-order valence-electron chi connectivity index (χ0n) is 10.3. The van der Waals surface area contributed by atoms with Crippen LogP contribution in [-0.4, -0.2) is 37.8 Å². The maximum atomic E-state index is 13.1. The average Bonchev–Trinajstić information content (AvgIpc) is 2.27. The highest BCUT2D eigenvalue weighted by Gasteiger charge is 2.75. The molecule has 0 N–H and O–H groups in total. The molecule has 4 nitrogen and oxygen atoms in total. The van der Waals surface area contributed by atoms with Crippen LogP contribution in [0.3, 0.4) is 0 Å². The van der Waals surface area contributed by atoms with Crippen molar-refractivity contribution in [3.63, 3.8) is 0 Å². The first kappa shape index (κ1) is 19.6. The molecule has 0 bridgehead atoms. The fourth-order valence-electron chi connectivity index (χ4n) is 0.901. The van der Waals surface area contributed by atoms with Crippen molar-refractivity contribution in [1.82, 2.24) is 0 Å². The molecule has 0 rings (SSSR count). The van der Waals surface area contributed by atoms with Crippen LogP contribution >= 0.6 is 7.82 Å². The second kappa shape index (κ2) is 6.59. The second-order valence-electron chi connectivity index (χ2n) is 3.30. The van der Waals surface area contributed by atoms with E-state index >= 15 is 0 Å². The van der Waals surface area contributed by atoms with Gasteiger partial charge in [-0.1, -0.05) is 0 Å². The van der Waals surface area contributed by atoms with E-state index in [1.54, 1.807) is 0 Å². The summed E-state index contributed by atoms with van der Waals surface area (Å²) in [4.78, 5) is 0. The fourth-order valence-corrected chi connectivity index (χ4v) is 2.11. The molecule has 0 spiro atoms. The van der Waals surface area contributed by atoms with Crippen LogP contribution in [-0.2, 0) is 18.1 Å². The van der Waals surface area contributed by atoms with Gasteiger partial charge in [-0.3, -0.25) is 9.05 Å². The molecule has 0 saturated carbocycles. The highest BCUT2D eigenvalue weighted by Crippen LogP contribution is 2.58. The van der Waals surface area contributed by atoms with Crippen LogP contribution in [0.4, 0.5) is 30.7 Å². The summed E-state index contributed by atoms with van der Waals surface area (Å²) in [6.07, 6.45) is -5.97. The van der Waals surface area contributed by atoms with Crippen molar-refractivity contribution in [2.24, 2.45) is 0 Å². The Morgan fingerprint density at radius 2 is 1.35 bits per heavy atom. The van der Waals surface area contributed by atoms with Crippen molar-refractivity contribution in [2.45, 2.75) is 31.8 Å². The Bertz CT molecular complexity index is 353. The third-order valence-corrected chi connectivity index (χ3v) is 3.40. The summed E-state index contributed by atoms with van der Waals surface area (Å²) in [7, 11) is -5.20. The van der Waals surface area contributed by atoms with Crippen molar-refractivity contribution in [1.29, 1.82) is 0 Å². The van der Waals surface area contributed by atoms with Gasteiger partial charge in [-0.15, -0.1) is 0 Å². The van der Waals surface area contributed by atoms with E-state index in [1.165, 1.54) is 0 Å². The molecule has 0 aromatic heterocycles. The van der Waals surface area contributed by atoms with Gasteiger partial charge in [0.15, 0.2) is 6.67 Å². The molecule has 20 heavy (non-hydrogen) atoms. The van der Waals surface area contributed by atoms with Crippen molar-refractivity contribution in [3.05, 3.63) is 0 Å². The first-order valence-electron chi connectivity index (χ1n) is 5.18. The lowest BCUT2D eigenvalue weighted by atomic mass is 10.2. The zero-order chi connectivity index (χ0) is 16.2. The van der Waals surface area contributed by atoms with Gasteiger partial charge in [0.1, 0.15) is 0 Å². The number of alkyl halides is 7. The number of halogens is 7. The lowest BCUT2D eigenvalue weighted by Gasteiger charge is -2.31. The van der Waals surface area contributed by atoms with Crippen LogP contribution in [0, 0.1) is 0 Å². The monoisotopic (exact) mass is 336 g/mol. The molecule has 0 heterocycles. The summed E-state index contributed by atoms with van der Waals surface area (Å²) in [5, 5.41) is 0. The van der Waals surface area contributed by atoms with Gasteiger partial charge in [0.25, 0.3) is 0 Å². The van der Waals surface area contributed by atoms with E-state index in [0.717, 1.165) is 13.8 Å². The van der Waals surface area contributed by atoms with Crippen molar-refractivity contribution < 1.29 is 48.9 Å². The Morgan fingerprint density at radius 1 is 0.950 bits per heavy atom. The molecule has 0 fully saturated rings. The molecule has 0 aliphatic rings. The molecule has 0 radical (unpaired) electrons. The van der Waals surface area contributed by atoms with Crippen LogP contribution in [0.2, 0.25) is 0 Å². The summed E-state index contributed by atoms with van der Waals surface area (Å²) in [5.74, 6) is -12.0.